The van der Waals surface area contributed by atoms with Crippen molar-refractivity contribution in [3.63, 3.8) is 0 Å². The van der Waals surface area contributed by atoms with Gasteiger partial charge in [0.1, 0.15) is 0 Å². The van der Waals surface area contributed by atoms with E-state index in [0.29, 0.717) is 25.9 Å². The third kappa shape index (κ3) is 2.63. The maximum absolute atomic E-state index is 13.8. The smallest absolute Gasteiger partial charge is 0.303 e. The van der Waals surface area contributed by atoms with Crippen LogP contribution in [0.5, 0.6) is 0 Å². The van der Waals surface area contributed by atoms with Gasteiger partial charge in [-0.05, 0) is 43.9 Å². The van der Waals surface area contributed by atoms with E-state index < -0.39 is 29.2 Å². The van der Waals surface area contributed by atoms with Crippen LogP contribution >= 0.6 is 0 Å². The van der Waals surface area contributed by atoms with Gasteiger partial charge in [0, 0.05) is 25.2 Å². The van der Waals surface area contributed by atoms with Gasteiger partial charge < -0.3 is 19.7 Å². The molecule has 6 heteroatoms. The summed E-state index contributed by atoms with van der Waals surface area (Å²) in [4.78, 5) is 25.7. The first kappa shape index (κ1) is 19.3. The number of carbonyl (C=O) groups excluding carboxylic acids is 2. The minimum Gasteiger partial charge on any atom is -0.454 e. The fourth-order valence-electron chi connectivity index (χ4n) is 6.60. The lowest BCUT2D eigenvalue weighted by Crippen LogP contribution is -2.68. The van der Waals surface area contributed by atoms with Gasteiger partial charge in [0.15, 0.2) is 11.9 Å². The first-order valence-electron chi connectivity index (χ1n) is 10.3. The molecule has 0 radical (unpaired) electrons. The van der Waals surface area contributed by atoms with E-state index in [2.05, 4.69) is 6.92 Å². The van der Waals surface area contributed by atoms with Gasteiger partial charge in [-0.3, -0.25) is 9.59 Å². The summed E-state index contributed by atoms with van der Waals surface area (Å²) < 4.78 is 11.3. The molecule has 4 rings (SSSR count). The van der Waals surface area contributed by atoms with Crippen LogP contribution in [0, 0.1) is 35.0 Å². The number of hydrogen-bond acceptors (Lipinski definition) is 6. The molecule has 27 heavy (non-hydrogen) atoms. The molecule has 0 aromatic heterocycles. The van der Waals surface area contributed by atoms with Crippen LogP contribution in [0.2, 0.25) is 0 Å². The van der Waals surface area contributed by atoms with E-state index in [1.54, 1.807) is 0 Å². The monoisotopic (exact) mass is 380 g/mol. The highest BCUT2D eigenvalue weighted by atomic mass is 16.5. The summed E-state index contributed by atoms with van der Waals surface area (Å²) >= 11 is 0. The molecule has 4 fully saturated rings. The average molecular weight is 380 g/mol. The summed E-state index contributed by atoms with van der Waals surface area (Å²) in [7, 11) is 0. The largest absolute Gasteiger partial charge is 0.454 e. The van der Waals surface area contributed by atoms with Crippen molar-refractivity contribution in [2.45, 2.75) is 77.3 Å². The number of carbonyl (C=O) groups is 2. The quantitative estimate of drug-likeness (QED) is 0.673. The number of ketones is 1. The molecule has 1 heterocycles. The Morgan fingerprint density at radius 2 is 2.04 bits per heavy atom. The minimum absolute atomic E-state index is 0.0466. The third-order valence-corrected chi connectivity index (χ3v) is 8.54. The molecule has 0 aromatic rings. The highest BCUT2D eigenvalue weighted by molar-refractivity contribution is 5.91. The maximum atomic E-state index is 13.8. The zero-order valence-electron chi connectivity index (χ0n) is 16.7. The summed E-state index contributed by atoms with van der Waals surface area (Å²) in [5.41, 5.74) is -1.95. The number of aliphatic hydroxyl groups is 2. The van der Waals surface area contributed by atoms with E-state index in [1.165, 1.54) is 6.92 Å². The second-order valence-corrected chi connectivity index (χ2v) is 9.76. The molecule has 1 aliphatic heterocycles. The van der Waals surface area contributed by atoms with Gasteiger partial charge >= 0.3 is 5.97 Å². The van der Waals surface area contributed by atoms with Crippen molar-refractivity contribution in [2.24, 2.45) is 35.0 Å². The topological polar surface area (TPSA) is 93.1 Å². The summed E-state index contributed by atoms with van der Waals surface area (Å²) in [6.07, 6.45) is 0.566. The summed E-state index contributed by atoms with van der Waals surface area (Å²) in [6, 6.07) is 0. The van der Waals surface area contributed by atoms with Crippen molar-refractivity contribution in [2.75, 3.05) is 6.61 Å². The Bertz CT molecular complexity index is 649. The number of Topliss-reactive ketones (excluding diaryl/α,β-unsaturated/α-hetero) is 1. The fraction of sp³-hybridized carbons (Fsp3) is 0.905. The Labute approximate surface area is 160 Å². The van der Waals surface area contributed by atoms with Crippen LogP contribution in [0.3, 0.4) is 0 Å². The molecule has 0 spiro atoms. The third-order valence-electron chi connectivity index (χ3n) is 8.54. The molecule has 4 aliphatic rings. The van der Waals surface area contributed by atoms with E-state index in [-0.39, 0.29) is 41.5 Å². The van der Waals surface area contributed by atoms with Crippen LogP contribution in [0.15, 0.2) is 0 Å². The SMILES string of the molecule is CC(=O)O[C@H]1C(=O)[C@@]2(C)[C@H](CC3(O)CCC(C)C1[C@H]3C)[C@@H]1CO[C@@H]1C[C@@H]2O. The van der Waals surface area contributed by atoms with Crippen molar-refractivity contribution < 1.29 is 29.3 Å². The molecule has 0 amide bonds. The Kier molecular flexibility index (Phi) is 4.48. The normalized spacial score (nSPS) is 54.7. The van der Waals surface area contributed by atoms with Crippen LogP contribution < -0.4 is 0 Å². The zero-order valence-corrected chi connectivity index (χ0v) is 16.7. The summed E-state index contributed by atoms with van der Waals surface area (Å²) in [5, 5.41) is 22.6. The standard InChI is InChI=1S/C21H32O6/c1-10-5-6-21(25)8-14-13-9-26-15(13)7-16(23)20(14,4)19(24)18(27-12(3)22)17(10)11(21)2/h10-11,13-18,23,25H,5-9H2,1-4H3/t10?,11-,13+,14-,15-,16+,17?,18-,20+,21?/m1/s1. The Hall–Kier alpha value is -0.980. The van der Waals surface area contributed by atoms with Gasteiger partial charge in [-0.15, -0.1) is 0 Å². The lowest BCUT2D eigenvalue weighted by Gasteiger charge is -2.61. The predicted octanol–water partition coefficient (Wildman–Crippen LogP) is 1.71. The van der Waals surface area contributed by atoms with Gasteiger partial charge in [-0.1, -0.05) is 13.8 Å². The molecular weight excluding hydrogens is 348 g/mol. The van der Waals surface area contributed by atoms with Crippen LogP contribution in [0.4, 0.5) is 0 Å². The Balaban J connectivity index is 1.83. The van der Waals surface area contributed by atoms with E-state index in [9.17, 15) is 19.8 Å². The minimum atomic E-state index is -1.03. The Morgan fingerprint density at radius 3 is 2.63 bits per heavy atom. The molecule has 2 bridgehead atoms. The molecule has 0 aromatic carbocycles. The van der Waals surface area contributed by atoms with Crippen LogP contribution in [0.25, 0.3) is 0 Å². The van der Waals surface area contributed by atoms with Crippen LogP contribution in [-0.4, -0.2) is 52.5 Å². The first-order chi connectivity index (χ1) is 12.6. The molecule has 3 unspecified atom stereocenters. The van der Waals surface area contributed by atoms with E-state index in [4.69, 9.17) is 9.47 Å². The van der Waals surface area contributed by atoms with Gasteiger partial charge in [0.25, 0.3) is 0 Å². The van der Waals surface area contributed by atoms with Gasteiger partial charge in [-0.25, -0.2) is 0 Å². The number of esters is 1. The molecule has 152 valence electrons. The fourth-order valence-corrected chi connectivity index (χ4v) is 6.60. The number of ether oxygens (including phenoxy) is 2. The second kappa shape index (κ2) is 6.26. The molecule has 10 atom stereocenters. The number of aliphatic hydroxyl groups excluding tert-OH is 1. The predicted molar refractivity (Wildman–Crippen MR) is 96.6 cm³/mol. The summed E-state index contributed by atoms with van der Waals surface area (Å²) in [6.45, 7) is 7.76. The first-order valence-corrected chi connectivity index (χ1v) is 10.3. The molecule has 3 saturated carbocycles. The number of rotatable bonds is 1. The van der Waals surface area contributed by atoms with Crippen LogP contribution in [-0.2, 0) is 19.1 Å². The van der Waals surface area contributed by atoms with Crippen molar-refractivity contribution in [3.8, 4) is 0 Å². The number of fused-ring (bicyclic) bond motifs is 5. The second-order valence-electron chi connectivity index (χ2n) is 9.76. The van der Waals surface area contributed by atoms with Crippen LogP contribution in [0.1, 0.15) is 53.4 Å². The highest BCUT2D eigenvalue weighted by Gasteiger charge is 2.66. The molecule has 2 N–H and O–H groups in total. The van der Waals surface area contributed by atoms with Crippen molar-refractivity contribution in [1.29, 1.82) is 0 Å². The van der Waals surface area contributed by atoms with E-state index in [1.807, 2.05) is 13.8 Å². The van der Waals surface area contributed by atoms with Gasteiger partial charge in [0.05, 0.1) is 29.8 Å². The van der Waals surface area contributed by atoms with Crippen molar-refractivity contribution in [1.82, 2.24) is 0 Å². The molecule has 1 saturated heterocycles. The lowest BCUT2D eigenvalue weighted by atomic mass is 9.48. The van der Waals surface area contributed by atoms with Crippen molar-refractivity contribution >= 4 is 11.8 Å². The lowest BCUT2D eigenvalue weighted by molar-refractivity contribution is -0.249. The highest BCUT2D eigenvalue weighted by Crippen LogP contribution is 2.59. The molecular formula is C21H32O6. The Morgan fingerprint density at radius 1 is 1.33 bits per heavy atom. The molecule has 6 nitrogen and oxygen atoms in total. The van der Waals surface area contributed by atoms with E-state index in [0.717, 1.165) is 6.42 Å². The summed E-state index contributed by atoms with van der Waals surface area (Å²) in [5.74, 6) is -0.905. The number of hydrogen-bond donors (Lipinski definition) is 2. The van der Waals surface area contributed by atoms with Gasteiger partial charge in [0.2, 0.25) is 0 Å². The average Bonchev–Trinajstić information content (AvgIpc) is 2.57. The zero-order chi connectivity index (χ0) is 19.7. The molecule has 3 aliphatic carbocycles. The maximum Gasteiger partial charge on any atom is 0.303 e. The van der Waals surface area contributed by atoms with E-state index >= 15 is 0 Å². The van der Waals surface area contributed by atoms with Crippen molar-refractivity contribution in [3.05, 3.63) is 0 Å². The van der Waals surface area contributed by atoms with Gasteiger partial charge in [-0.2, -0.15) is 0 Å².